The van der Waals surface area contributed by atoms with Gasteiger partial charge in [0.15, 0.2) is 11.3 Å². The summed E-state index contributed by atoms with van der Waals surface area (Å²) in [5.41, 5.74) is -0.966. The third-order valence-electron chi connectivity index (χ3n) is 7.97. The number of carboxylic acid groups (broad SMARTS) is 1. The molecule has 1 aliphatic carbocycles. The molecule has 5 rings (SSSR count). The van der Waals surface area contributed by atoms with E-state index in [0.717, 1.165) is 0 Å². The van der Waals surface area contributed by atoms with Crippen LogP contribution in [0.25, 0.3) is 5.65 Å². The minimum Gasteiger partial charge on any atom is -0.481 e. The molecule has 13 heteroatoms. The quantitative estimate of drug-likeness (QED) is 0.449. The summed E-state index contributed by atoms with van der Waals surface area (Å²) < 4.78 is 36.5. The molecule has 2 N–H and O–H groups in total. The van der Waals surface area contributed by atoms with Gasteiger partial charge in [0.25, 0.3) is 12.3 Å². The number of nitrogens with one attached hydrogen (secondary N) is 1. The average Bonchev–Trinajstić information content (AvgIpc) is 3.52. The van der Waals surface area contributed by atoms with Gasteiger partial charge < -0.3 is 20.1 Å². The van der Waals surface area contributed by atoms with Crippen LogP contribution in [0.2, 0.25) is 0 Å². The molecular weight excluding hydrogens is 512 g/mol. The van der Waals surface area contributed by atoms with Gasteiger partial charge in [0.1, 0.15) is 11.4 Å². The number of amides is 1. The fourth-order valence-electron chi connectivity index (χ4n) is 5.74. The summed E-state index contributed by atoms with van der Waals surface area (Å²) in [4.78, 5) is 31.8. The number of carbonyl (C=O) groups excluding carboxylic acids is 1. The van der Waals surface area contributed by atoms with Crippen molar-refractivity contribution in [2.45, 2.75) is 77.6 Å². The number of morpholine rings is 1. The first-order chi connectivity index (χ1) is 18.6. The number of carboxylic acids is 1. The molecule has 4 heterocycles. The van der Waals surface area contributed by atoms with E-state index in [1.54, 1.807) is 6.20 Å². The highest BCUT2D eigenvalue weighted by atomic mass is 19.3. The van der Waals surface area contributed by atoms with Crippen molar-refractivity contribution in [1.29, 1.82) is 0 Å². The Balaban J connectivity index is 1.37. The van der Waals surface area contributed by atoms with Gasteiger partial charge in [-0.05, 0) is 52.0 Å². The van der Waals surface area contributed by atoms with Gasteiger partial charge in [-0.2, -0.15) is 10.2 Å². The molecule has 2 atom stereocenters. The maximum Gasteiger partial charge on any atom is 0.309 e. The van der Waals surface area contributed by atoms with Crippen molar-refractivity contribution in [2.75, 3.05) is 23.3 Å². The van der Waals surface area contributed by atoms with Crippen LogP contribution < -0.4 is 10.2 Å². The zero-order valence-corrected chi connectivity index (χ0v) is 22.2. The molecular formula is C26H33F2N7O4. The second-order valence-electron chi connectivity index (χ2n) is 10.6. The van der Waals surface area contributed by atoms with Crippen molar-refractivity contribution >= 4 is 29.0 Å². The minimum absolute atomic E-state index is 0.0236. The molecule has 1 saturated heterocycles. The highest BCUT2D eigenvalue weighted by Gasteiger charge is 2.41. The molecule has 0 aromatic carbocycles. The predicted octanol–water partition coefficient (Wildman–Crippen LogP) is 4.33. The minimum atomic E-state index is -2.90. The van der Waals surface area contributed by atoms with E-state index >= 15 is 0 Å². The summed E-state index contributed by atoms with van der Waals surface area (Å²) in [7, 11) is 0. The molecule has 1 aliphatic heterocycles. The van der Waals surface area contributed by atoms with Crippen molar-refractivity contribution in [3.63, 3.8) is 0 Å². The monoisotopic (exact) mass is 545 g/mol. The first-order valence-electron chi connectivity index (χ1n) is 13.3. The van der Waals surface area contributed by atoms with Crippen LogP contribution in [-0.4, -0.2) is 66.7 Å². The first kappa shape index (κ1) is 27.0. The third-order valence-corrected chi connectivity index (χ3v) is 7.97. The largest absolute Gasteiger partial charge is 0.481 e. The molecule has 2 fully saturated rings. The SMILES string of the molecule is CCC1(C(=O)O)CCC(n2cc(NC(=O)c3cnn4ccc(N5C[C@@H](C)O[C@@H](C)C5)nc34)c(C(F)F)n2)CC1. The van der Waals surface area contributed by atoms with Crippen LogP contribution >= 0.6 is 0 Å². The van der Waals surface area contributed by atoms with Crippen LogP contribution in [0.3, 0.4) is 0 Å². The van der Waals surface area contributed by atoms with E-state index < -0.39 is 29.4 Å². The van der Waals surface area contributed by atoms with E-state index in [2.05, 4.69) is 25.4 Å². The number of ether oxygens (including phenoxy) is 1. The van der Waals surface area contributed by atoms with Crippen LogP contribution in [-0.2, 0) is 9.53 Å². The van der Waals surface area contributed by atoms with E-state index in [9.17, 15) is 23.5 Å². The van der Waals surface area contributed by atoms with E-state index in [1.807, 2.05) is 26.8 Å². The fraction of sp³-hybridized carbons (Fsp3) is 0.577. The Hall–Kier alpha value is -3.61. The number of alkyl halides is 2. The highest BCUT2D eigenvalue weighted by Crippen LogP contribution is 2.44. The molecule has 0 unspecified atom stereocenters. The van der Waals surface area contributed by atoms with Gasteiger partial charge in [-0.1, -0.05) is 6.92 Å². The van der Waals surface area contributed by atoms with Gasteiger partial charge >= 0.3 is 5.97 Å². The van der Waals surface area contributed by atoms with Crippen LogP contribution in [0.15, 0.2) is 24.7 Å². The van der Waals surface area contributed by atoms with Crippen LogP contribution in [0.4, 0.5) is 20.3 Å². The maximum absolute atomic E-state index is 13.9. The zero-order chi connectivity index (χ0) is 27.9. The summed E-state index contributed by atoms with van der Waals surface area (Å²) in [5, 5.41) is 20.5. The second-order valence-corrected chi connectivity index (χ2v) is 10.6. The lowest BCUT2D eigenvalue weighted by Gasteiger charge is -2.36. The van der Waals surface area contributed by atoms with E-state index in [1.165, 1.54) is 21.6 Å². The Labute approximate surface area is 224 Å². The molecule has 1 saturated carbocycles. The second kappa shape index (κ2) is 10.5. The Bertz CT molecular complexity index is 1360. The fourth-order valence-corrected chi connectivity index (χ4v) is 5.74. The number of hydrogen-bond acceptors (Lipinski definition) is 7. The van der Waals surface area contributed by atoms with Crippen molar-refractivity contribution in [3.05, 3.63) is 35.9 Å². The molecule has 210 valence electrons. The van der Waals surface area contributed by atoms with Crippen LogP contribution in [0.5, 0.6) is 0 Å². The topological polar surface area (TPSA) is 127 Å². The molecule has 0 bridgehead atoms. The zero-order valence-electron chi connectivity index (χ0n) is 22.2. The van der Waals surface area contributed by atoms with Crippen molar-refractivity contribution < 1.29 is 28.2 Å². The molecule has 0 spiro atoms. The Morgan fingerprint density at radius 1 is 1.23 bits per heavy atom. The smallest absolute Gasteiger partial charge is 0.309 e. The summed E-state index contributed by atoms with van der Waals surface area (Å²) in [6.07, 6.45) is 3.99. The number of aromatic nitrogens is 5. The number of nitrogens with zero attached hydrogens (tertiary/aromatic N) is 6. The molecule has 11 nitrogen and oxygen atoms in total. The lowest BCUT2D eigenvalue weighted by atomic mass is 9.71. The summed E-state index contributed by atoms with van der Waals surface area (Å²) >= 11 is 0. The number of rotatable bonds is 7. The number of fused-ring (bicyclic) bond motifs is 1. The predicted molar refractivity (Wildman–Crippen MR) is 138 cm³/mol. The average molecular weight is 546 g/mol. The number of anilines is 2. The van der Waals surface area contributed by atoms with Gasteiger partial charge in [-0.25, -0.2) is 18.3 Å². The van der Waals surface area contributed by atoms with Crippen LogP contribution in [0.1, 0.15) is 81.4 Å². The van der Waals surface area contributed by atoms with Gasteiger partial charge in [0.05, 0.1) is 35.5 Å². The Kier molecular flexibility index (Phi) is 7.27. The Morgan fingerprint density at radius 3 is 2.54 bits per heavy atom. The highest BCUT2D eigenvalue weighted by molar-refractivity contribution is 6.08. The van der Waals surface area contributed by atoms with Crippen molar-refractivity contribution in [1.82, 2.24) is 24.4 Å². The lowest BCUT2D eigenvalue weighted by Crippen LogP contribution is -2.45. The molecule has 3 aromatic heterocycles. The normalized spacial score (nSPS) is 25.8. The number of aliphatic carboxylic acids is 1. The number of halogens is 2. The number of hydrogen-bond donors (Lipinski definition) is 2. The molecule has 39 heavy (non-hydrogen) atoms. The van der Waals surface area contributed by atoms with Gasteiger partial charge in [-0.3, -0.25) is 14.3 Å². The molecule has 3 aromatic rings. The maximum atomic E-state index is 13.9. The molecule has 2 aliphatic rings. The van der Waals surface area contributed by atoms with Crippen molar-refractivity contribution in [3.8, 4) is 0 Å². The van der Waals surface area contributed by atoms with Gasteiger partial charge in [0, 0.05) is 25.5 Å². The van der Waals surface area contributed by atoms with E-state index in [-0.39, 0.29) is 29.5 Å². The molecule has 1 amide bonds. The first-order valence-corrected chi connectivity index (χ1v) is 13.3. The van der Waals surface area contributed by atoms with E-state index in [4.69, 9.17) is 4.74 Å². The van der Waals surface area contributed by atoms with Gasteiger partial charge in [-0.15, -0.1) is 0 Å². The summed E-state index contributed by atoms with van der Waals surface area (Å²) in [5.74, 6) is -0.783. The standard InChI is InChI=1S/C26H33F2N7O4/c1-4-26(25(37)38)8-5-17(6-9-26)35-14-19(21(32-35)22(27)28)30-24(36)18-11-29-34-10-7-20(31-23(18)34)33-12-15(2)39-16(3)13-33/h7,10-11,14-17,22H,4-6,8-9,12-13H2,1-3H3,(H,30,36)(H,37,38)/t15-,16+,17?,26?. The van der Waals surface area contributed by atoms with E-state index in [0.29, 0.717) is 56.7 Å². The number of carbonyl (C=O) groups is 2. The summed E-state index contributed by atoms with van der Waals surface area (Å²) in [6.45, 7) is 7.12. The third kappa shape index (κ3) is 5.19. The Morgan fingerprint density at radius 2 is 1.92 bits per heavy atom. The van der Waals surface area contributed by atoms with Crippen molar-refractivity contribution in [2.24, 2.45) is 5.41 Å². The van der Waals surface area contributed by atoms with Gasteiger partial charge in [0.2, 0.25) is 0 Å². The lowest BCUT2D eigenvalue weighted by molar-refractivity contribution is -0.151. The summed E-state index contributed by atoms with van der Waals surface area (Å²) in [6, 6.07) is 1.58. The van der Waals surface area contributed by atoms with Crippen LogP contribution in [0, 0.1) is 5.41 Å². The molecule has 0 radical (unpaired) electrons.